The molecule has 342 valence electrons. The van der Waals surface area contributed by atoms with Crippen LogP contribution in [0.3, 0.4) is 0 Å². The summed E-state index contributed by atoms with van der Waals surface area (Å²) in [6.45, 7) is 3.88. The quantitative estimate of drug-likeness (QED) is 0.0154. The second-order valence-corrected chi connectivity index (χ2v) is 16.2. The molecule has 0 aliphatic heterocycles. The van der Waals surface area contributed by atoms with Gasteiger partial charge in [0.1, 0.15) is 42.7 Å². The van der Waals surface area contributed by atoms with E-state index in [1.807, 2.05) is 0 Å². The Hall–Kier alpha value is -2.74. The molecule has 6 unspecified atom stereocenters. The molecule has 0 aromatic carbocycles. The molecular weight excluding hydrogens is 787 g/mol. The van der Waals surface area contributed by atoms with Gasteiger partial charge in [0.15, 0.2) is 0 Å². The monoisotopic (exact) mass is 865 g/mol. The van der Waals surface area contributed by atoms with E-state index >= 15 is 0 Å². The summed E-state index contributed by atoms with van der Waals surface area (Å²) in [6, 6.07) is 0. The summed E-state index contributed by atoms with van der Waals surface area (Å²) in [7, 11) is -5.04. The lowest BCUT2D eigenvalue weighted by Gasteiger charge is -2.41. The van der Waals surface area contributed by atoms with Crippen LogP contribution >= 0.6 is 7.82 Å². The summed E-state index contributed by atoms with van der Waals surface area (Å²) >= 11 is 0. The topological polar surface area (TPSA) is 192 Å². The number of rotatable bonds is 35. The maximum atomic E-state index is 12.8. The van der Waals surface area contributed by atoms with Crippen LogP contribution in [-0.4, -0.2) is 98.9 Å². The van der Waals surface area contributed by atoms with Crippen molar-refractivity contribution < 1.29 is 58.3 Å². The first-order valence-corrected chi connectivity index (χ1v) is 23.6. The highest BCUT2D eigenvalue weighted by molar-refractivity contribution is 7.47. The fourth-order valence-electron chi connectivity index (χ4n) is 5.94. The van der Waals surface area contributed by atoms with Crippen molar-refractivity contribution in [2.75, 3.05) is 19.8 Å². The van der Waals surface area contributed by atoms with Gasteiger partial charge in [0, 0.05) is 13.0 Å². The van der Waals surface area contributed by atoms with Gasteiger partial charge in [-0.25, -0.2) is 4.57 Å². The molecule has 0 saturated heterocycles. The third-order valence-electron chi connectivity index (χ3n) is 9.42. The summed E-state index contributed by atoms with van der Waals surface area (Å²) in [4.78, 5) is 23.1. The van der Waals surface area contributed by atoms with Crippen molar-refractivity contribution in [1.29, 1.82) is 0 Å². The number of aliphatic hydroxyl groups is 5. The number of aliphatic hydroxyl groups excluding tert-OH is 5. The van der Waals surface area contributed by atoms with Crippen molar-refractivity contribution in [1.82, 2.24) is 0 Å². The van der Waals surface area contributed by atoms with E-state index in [0.29, 0.717) is 19.4 Å². The van der Waals surface area contributed by atoms with Gasteiger partial charge in [0.05, 0.1) is 13.2 Å². The van der Waals surface area contributed by atoms with Crippen molar-refractivity contribution in [3.8, 4) is 0 Å². The molecule has 0 amide bonds. The molecule has 0 aromatic heterocycles. The molecule has 0 bridgehead atoms. The van der Waals surface area contributed by atoms with E-state index in [2.05, 4.69) is 111 Å². The first kappa shape index (κ1) is 55.3. The number of ether oxygens (including phenoxy) is 2. The maximum Gasteiger partial charge on any atom is 0.472 e. The van der Waals surface area contributed by atoms with Crippen molar-refractivity contribution in [3.63, 3.8) is 0 Å². The van der Waals surface area contributed by atoms with Crippen LogP contribution in [0.1, 0.15) is 129 Å². The van der Waals surface area contributed by atoms with Gasteiger partial charge in [-0.2, -0.15) is 0 Å². The van der Waals surface area contributed by atoms with Crippen molar-refractivity contribution in [2.45, 2.75) is 172 Å². The molecule has 1 fully saturated rings. The van der Waals surface area contributed by atoms with Crippen LogP contribution in [0.25, 0.3) is 0 Å². The second-order valence-electron chi connectivity index (χ2n) is 14.8. The average molecular weight is 865 g/mol. The van der Waals surface area contributed by atoms with E-state index < -0.39 is 63.1 Å². The van der Waals surface area contributed by atoms with Gasteiger partial charge in [0.2, 0.25) is 0 Å². The van der Waals surface area contributed by atoms with Crippen molar-refractivity contribution in [2.24, 2.45) is 0 Å². The Morgan fingerprint density at radius 2 is 0.983 bits per heavy atom. The van der Waals surface area contributed by atoms with E-state index in [1.165, 1.54) is 0 Å². The van der Waals surface area contributed by atoms with Crippen LogP contribution in [-0.2, 0) is 27.9 Å². The molecule has 1 aliphatic carbocycles. The molecule has 0 spiro atoms. The number of esters is 1. The van der Waals surface area contributed by atoms with Crippen LogP contribution in [0.4, 0.5) is 0 Å². The minimum absolute atomic E-state index is 0.129. The molecule has 12 nitrogen and oxygen atoms in total. The van der Waals surface area contributed by atoms with Gasteiger partial charge < -0.3 is 39.9 Å². The number of allylic oxidation sites excluding steroid dienone is 16. The minimum Gasteiger partial charge on any atom is -0.457 e. The van der Waals surface area contributed by atoms with Crippen LogP contribution in [0.2, 0.25) is 0 Å². The maximum absolute atomic E-state index is 12.8. The summed E-state index contributed by atoms with van der Waals surface area (Å²) in [5.41, 5.74) is 0. The molecular formula is C47H77O12P. The molecule has 6 N–H and O–H groups in total. The van der Waals surface area contributed by atoms with Gasteiger partial charge in [-0.15, -0.1) is 0 Å². The largest absolute Gasteiger partial charge is 0.472 e. The first-order valence-electron chi connectivity index (χ1n) is 22.1. The highest BCUT2D eigenvalue weighted by Gasteiger charge is 2.51. The Kier molecular flexibility index (Phi) is 34.0. The van der Waals surface area contributed by atoms with E-state index in [1.54, 1.807) is 0 Å². The van der Waals surface area contributed by atoms with Gasteiger partial charge in [-0.05, 0) is 83.5 Å². The van der Waals surface area contributed by atoms with Crippen molar-refractivity contribution in [3.05, 3.63) is 97.2 Å². The second kappa shape index (κ2) is 36.9. The highest BCUT2D eigenvalue weighted by atomic mass is 31.2. The van der Waals surface area contributed by atoms with Crippen LogP contribution in [0.5, 0.6) is 0 Å². The Morgan fingerprint density at radius 3 is 1.50 bits per heavy atom. The minimum atomic E-state index is -5.04. The lowest BCUT2D eigenvalue weighted by atomic mass is 9.85. The molecule has 60 heavy (non-hydrogen) atoms. The zero-order valence-corrected chi connectivity index (χ0v) is 37.1. The summed E-state index contributed by atoms with van der Waals surface area (Å²) < 4.78 is 34.0. The summed E-state index contributed by atoms with van der Waals surface area (Å²) in [6.07, 6.45) is 37.8. The summed E-state index contributed by atoms with van der Waals surface area (Å²) in [5.74, 6) is -0.517. The van der Waals surface area contributed by atoms with Crippen LogP contribution in [0, 0.1) is 0 Å². The Balaban J connectivity index is 2.48. The average Bonchev–Trinajstić information content (AvgIpc) is 3.23. The number of phosphoric acid groups is 1. The van der Waals surface area contributed by atoms with Gasteiger partial charge in [-0.1, -0.05) is 137 Å². The third kappa shape index (κ3) is 28.7. The Labute approximate surface area is 360 Å². The summed E-state index contributed by atoms with van der Waals surface area (Å²) in [5, 5.41) is 50.1. The number of phosphoric ester groups is 1. The third-order valence-corrected chi connectivity index (χ3v) is 10.4. The molecule has 0 aromatic rings. The molecule has 1 aliphatic rings. The smallest absolute Gasteiger partial charge is 0.457 e. The predicted molar refractivity (Wildman–Crippen MR) is 239 cm³/mol. The lowest BCUT2D eigenvalue weighted by molar-refractivity contribution is -0.220. The number of hydrogen-bond acceptors (Lipinski definition) is 11. The van der Waals surface area contributed by atoms with E-state index in [0.717, 1.165) is 96.3 Å². The van der Waals surface area contributed by atoms with E-state index in [-0.39, 0.29) is 13.0 Å². The molecule has 0 radical (unpaired) electrons. The fourth-order valence-corrected chi connectivity index (χ4v) is 6.91. The van der Waals surface area contributed by atoms with Gasteiger partial charge >= 0.3 is 13.8 Å². The highest BCUT2D eigenvalue weighted by Crippen LogP contribution is 2.47. The van der Waals surface area contributed by atoms with E-state index in [4.69, 9.17) is 18.5 Å². The van der Waals surface area contributed by atoms with Crippen LogP contribution in [0.15, 0.2) is 97.2 Å². The molecule has 0 heterocycles. The molecule has 13 heteroatoms. The molecule has 6 atom stereocenters. The number of unbranched alkanes of at least 4 members (excludes halogenated alkanes) is 7. The number of carbonyl (C=O) groups is 1. The first-order chi connectivity index (χ1) is 29.0. The zero-order valence-electron chi connectivity index (χ0n) is 36.2. The Morgan fingerprint density at radius 1 is 0.550 bits per heavy atom. The fraction of sp³-hybridized carbons (Fsp3) is 0.638. The number of carbonyl (C=O) groups excluding carboxylic acids is 1. The van der Waals surface area contributed by atoms with Gasteiger partial charge in [-0.3, -0.25) is 13.8 Å². The van der Waals surface area contributed by atoms with Crippen LogP contribution < -0.4 is 0 Å². The predicted octanol–water partition coefficient (Wildman–Crippen LogP) is 8.75. The molecule has 1 saturated carbocycles. The molecule has 1 rings (SSSR count). The standard InChI is InChI=1S/C47H77O12P/c1-3-5-7-9-11-13-15-17-18-19-20-21-22-23-25-27-29-31-33-35-37-56-38-40(39-57-60(54,55)59-47-45(52)43(50)42(49)44(51)46(47)53)58-41(48)36-34-32-30-28-26-24-16-14-12-10-8-6-4-2/h5,7-8,10-11,13-14,16-18,20-21,23,25,29,31,40,42-47,49-53H,3-4,6,9,12,15,19,22,24,26-28,30,32-39H2,1-2H3,(H,54,55)/b7-5-,10-8-,13-11-,16-14-,18-17-,21-20-,25-23-,31-29-. The normalized spacial score (nSPS) is 23.3. The SMILES string of the molecule is CC/C=C\C/C=C\C/C=C\C/C=C\C/C=C\C/C=C\CCCOCC(COP(=O)(O)OC1C(O)C(O)C(O)C(O)C1O)OC(=O)CCCCCCC/C=C\C/C=C\CCC. The lowest BCUT2D eigenvalue weighted by Crippen LogP contribution is -2.64. The van der Waals surface area contributed by atoms with Gasteiger partial charge in [0.25, 0.3) is 0 Å². The van der Waals surface area contributed by atoms with E-state index in [9.17, 15) is 39.8 Å². The Bertz CT molecular complexity index is 1350. The van der Waals surface area contributed by atoms with Crippen molar-refractivity contribution >= 4 is 13.8 Å². The number of hydrogen-bond donors (Lipinski definition) is 6. The zero-order chi connectivity index (χ0) is 44.1.